The Kier molecular flexibility index (Phi) is 6.38. The molecule has 1 fully saturated rings. The molecule has 0 atom stereocenters. The van der Waals surface area contributed by atoms with Crippen molar-refractivity contribution in [1.82, 2.24) is 38.7 Å². The van der Waals surface area contributed by atoms with Gasteiger partial charge in [-0.05, 0) is 19.9 Å². The van der Waals surface area contributed by atoms with Crippen molar-refractivity contribution < 1.29 is 0 Å². The highest BCUT2D eigenvalue weighted by Gasteiger charge is 2.18. The van der Waals surface area contributed by atoms with Gasteiger partial charge in [-0.2, -0.15) is 5.10 Å². The molecular weight excluding hydrogens is 396 g/mol. The van der Waals surface area contributed by atoms with Crippen molar-refractivity contribution in [2.45, 2.75) is 46.3 Å². The van der Waals surface area contributed by atoms with Crippen LogP contribution in [0, 0.1) is 0 Å². The van der Waals surface area contributed by atoms with Crippen LogP contribution in [-0.4, -0.2) is 78.5 Å². The molecule has 3 aromatic rings. The van der Waals surface area contributed by atoms with Crippen molar-refractivity contribution in [3.05, 3.63) is 33.2 Å². The number of H-pyrrole nitrogens is 1. The van der Waals surface area contributed by atoms with Crippen LogP contribution in [0.3, 0.4) is 0 Å². The molecule has 3 aromatic heterocycles. The van der Waals surface area contributed by atoms with E-state index in [-0.39, 0.29) is 11.2 Å². The van der Waals surface area contributed by atoms with Crippen molar-refractivity contribution in [3.63, 3.8) is 0 Å². The fourth-order valence-corrected chi connectivity index (χ4v) is 4.07. The summed E-state index contributed by atoms with van der Waals surface area (Å²) in [6, 6.07) is 0. The largest absolute Gasteiger partial charge is 0.332 e. The van der Waals surface area contributed by atoms with E-state index in [4.69, 9.17) is 0 Å². The lowest BCUT2D eigenvalue weighted by molar-refractivity contribution is 0.149. The minimum atomic E-state index is -0.310. The fraction of sp³-hybridized carbons (Fsp3) is 0.619. The molecule has 0 amide bonds. The molecule has 168 valence electrons. The molecule has 1 aliphatic rings. The minimum absolute atomic E-state index is 0.290. The third-order valence-electron chi connectivity index (χ3n) is 5.90. The number of fused-ring (bicyclic) bond motifs is 1. The van der Waals surface area contributed by atoms with Gasteiger partial charge in [0.05, 0.1) is 18.3 Å². The monoisotopic (exact) mass is 428 g/mol. The second-order valence-corrected chi connectivity index (χ2v) is 8.31. The molecule has 1 saturated heterocycles. The first-order valence-corrected chi connectivity index (χ1v) is 11.2. The van der Waals surface area contributed by atoms with Gasteiger partial charge in [-0.25, -0.2) is 9.78 Å². The zero-order chi connectivity index (χ0) is 22.0. The fourth-order valence-electron chi connectivity index (χ4n) is 4.07. The standard InChI is InChI=1S/C21H32N8O2/c1-4-6-28-19-17(20(30)29(7-5-2)21(28)31)23-18(24-19)16-14-22-27(15-16)13-12-26-10-8-25(3)9-11-26/h14-15H,4-13H2,1-3H3,(H,23,24). The second-order valence-electron chi connectivity index (χ2n) is 8.31. The molecule has 0 radical (unpaired) electrons. The van der Waals surface area contributed by atoms with Gasteiger partial charge in [0.1, 0.15) is 11.3 Å². The van der Waals surface area contributed by atoms with Crippen LogP contribution in [0.5, 0.6) is 0 Å². The van der Waals surface area contributed by atoms with E-state index < -0.39 is 0 Å². The van der Waals surface area contributed by atoms with Gasteiger partial charge < -0.3 is 9.88 Å². The average Bonchev–Trinajstić information content (AvgIpc) is 3.41. The first-order chi connectivity index (χ1) is 15.0. The van der Waals surface area contributed by atoms with Crippen LogP contribution in [0.25, 0.3) is 22.6 Å². The number of rotatable bonds is 8. The predicted octanol–water partition coefficient (Wildman–Crippen LogP) is 0.817. The number of imidazole rings is 1. The summed E-state index contributed by atoms with van der Waals surface area (Å²) >= 11 is 0. The highest BCUT2D eigenvalue weighted by molar-refractivity contribution is 5.75. The lowest BCUT2D eigenvalue weighted by atomic mass is 10.3. The molecule has 1 aliphatic heterocycles. The van der Waals surface area contributed by atoms with Crippen molar-refractivity contribution >= 4 is 11.2 Å². The molecule has 0 bridgehead atoms. The van der Waals surface area contributed by atoms with Crippen LogP contribution in [-0.2, 0) is 19.6 Å². The summed E-state index contributed by atoms with van der Waals surface area (Å²) < 4.78 is 4.82. The number of aryl methyl sites for hydroxylation is 1. The number of nitrogens with zero attached hydrogens (tertiary/aromatic N) is 7. The van der Waals surface area contributed by atoms with Gasteiger partial charge in [0.15, 0.2) is 5.65 Å². The van der Waals surface area contributed by atoms with Crippen LogP contribution >= 0.6 is 0 Å². The molecule has 0 unspecified atom stereocenters. The van der Waals surface area contributed by atoms with Gasteiger partial charge in [-0.3, -0.25) is 23.5 Å². The molecule has 0 saturated carbocycles. The lowest BCUT2D eigenvalue weighted by Crippen LogP contribution is -2.45. The number of hydrogen-bond donors (Lipinski definition) is 1. The van der Waals surface area contributed by atoms with Gasteiger partial charge in [-0.1, -0.05) is 13.8 Å². The SMILES string of the molecule is CCCn1c(=O)c2[nH]c(-c3cnn(CCN4CCN(C)CC4)c3)nc2n(CCC)c1=O. The highest BCUT2D eigenvalue weighted by Crippen LogP contribution is 2.18. The van der Waals surface area contributed by atoms with Gasteiger partial charge in [0, 0.05) is 52.0 Å². The van der Waals surface area contributed by atoms with E-state index in [9.17, 15) is 9.59 Å². The van der Waals surface area contributed by atoms with E-state index in [0.29, 0.717) is 36.5 Å². The minimum Gasteiger partial charge on any atom is -0.332 e. The summed E-state index contributed by atoms with van der Waals surface area (Å²) in [5.74, 6) is 0.566. The Balaban J connectivity index is 1.60. The molecule has 4 heterocycles. The maximum absolute atomic E-state index is 12.9. The summed E-state index contributed by atoms with van der Waals surface area (Å²) in [6.07, 6.45) is 5.20. The highest BCUT2D eigenvalue weighted by atomic mass is 16.2. The van der Waals surface area contributed by atoms with E-state index in [2.05, 4.69) is 31.9 Å². The molecule has 1 N–H and O–H groups in total. The number of hydrogen-bond acceptors (Lipinski definition) is 6. The summed E-state index contributed by atoms with van der Waals surface area (Å²) in [7, 11) is 2.15. The van der Waals surface area contributed by atoms with Crippen molar-refractivity contribution in [2.24, 2.45) is 0 Å². The van der Waals surface area contributed by atoms with E-state index >= 15 is 0 Å². The molecule has 0 aromatic carbocycles. The van der Waals surface area contributed by atoms with Crippen molar-refractivity contribution in [3.8, 4) is 11.4 Å². The quantitative estimate of drug-likeness (QED) is 0.571. The second kappa shape index (κ2) is 9.19. The van der Waals surface area contributed by atoms with E-state index in [1.807, 2.05) is 24.7 Å². The van der Waals surface area contributed by atoms with E-state index in [0.717, 1.165) is 51.3 Å². The van der Waals surface area contributed by atoms with Crippen LogP contribution < -0.4 is 11.2 Å². The van der Waals surface area contributed by atoms with Crippen LogP contribution in [0.1, 0.15) is 26.7 Å². The first kappa shape index (κ1) is 21.5. The molecule has 0 aliphatic carbocycles. The van der Waals surface area contributed by atoms with Crippen LogP contribution in [0.2, 0.25) is 0 Å². The molecule has 4 rings (SSSR count). The number of nitrogens with one attached hydrogen (secondary N) is 1. The number of likely N-dealkylation sites (N-methyl/N-ethyl adjacent to an activating group) is 1. The van der Waals surface area contributed by atoms with Gasteiger partial charge in [0.25, 0.3) is 5.56 Å². The van der Waals surface area contributed by atoms with Crippen molar-refractivity contribution in [2.75, 3.05) is 39.8 Å². The van der Waals surface area contributed by atoms with Crippen LogP contribution in [0.4, 0.5) is 0 Å². The van der Waals surface area contributed by atoms with Gasteiger partial charge in [0.2, 0.25) is 0 Å². The maximum Gasteiger partial charge on any atom is 0.332 e. The number of aromatic amines is 1. The Morgan fingerprint density at radius 3 is 2.39 bits per heavy atom. The Hall–Kier alpha value is -2.72. The lowest BCUT2D eigenvalue weighted by Gasteiger charge is -2.32. The van der Waals surface area contributed by atoms with Crippen LogP contribution in [0.15, 0.2) is 22.0 Å². The summed E-state index contributed by atoms with van der Waals surface area (Å²) in [6.45, 7) is 11.0. The third kappa shape index (κ3) is 4.35. The predicted molar refractivity (Wildman–Crippen MR) is 120 cm³/mol. The smallest absolute Gasteiger partial charge is 0.332 e. The Morgan fingerprint density at radius 2 is 1.68 bits per heavy atom. The first-order valence-electron chi connectivity index (χ1n) is 11.2. The Bertz CT molecular complexity index is 1150. The zero-order valence-electron chi connectivity index (χ0n) is 18.7. The molecule has 10 heteroatoms. The molecule has 0 spiro atoms. The summed E-state index contributed by atoms with van der Waals surface area (Å²) in [5, 5.41) is 4.48. The molecule has 10 nitrogen and oxygen atoms in total. The topological polar surface area (TPSA) is 97.0 Å². The van der Waals surface area contributed by atoms with E-state index in [1.54, 1.807) is 10.8 Å². The van der Waals surface area contributed by atoms with Crippen molar-refractivity contribution in [1.29, 1.82) is 0 Å². The third-order valence-corrected chi connectivity index (χ3v) is 5.90. The summed E-state index contributed by atoms with van der Waals surface area (Å²) in [5.41, 5.74) is 1.01. The molecular formula is C21H32N8O2. The van der Waals surface area contributed by atoms with Gasteiger partial charge >= 0.3 is 5.69 Å². The number of piperazine rings is 1. The average molecular weight is 429 g/mol. The molecule has 31 heavy (non-hydrogen) atoms. The number of aromatic nitrogens is 6. The van der Waals surface area contributed by atoms with Gasteiger partial charge in [-0.15, -0.1) is 0 Å². The zero-order valence-corrected chi connectivity index (χ0v) is 18.7. The summed E-state index contributed by atoms with van der Waals surface area (Å²) in [4.78, 5) is 38.3. The Morgan fingerprint density at radius 1 is 0.968 bits per heavy atom. The Labute approximate surface area is 181 Å². The van der Waals surface area contributed by atoms with E-state index in [1.165, 1.54) is 4.57 Å². The normalized spacial score (nSPS) is 15.8. The maximum atomic E-state index is 12.9.